The van der Waals surface area contributed by atoms with Crippen LogP contribution < -0.4 is 4.90 Å². The topological polar surface area (TPSA) is 68.5 Å². The molecule has 0 aliphatic carbocycles. The molecule has 0 bridgehead atoms. The maximum atomic E-state index is 11.2. The molecule has 1 unspecified atom stereocenters. The number of nitrogens with zero attached hydrogens (tertiary/aromatic N) is 3. The molecule has 24 heavy (non-hydrogen) atoms. The molecule has 4 rings (SSSR count). The molecular formula is C18H21N3O3. The molecule has 2 aromatic rings. The Kier molecular flexibility index (Phi) is 4.06. The fourth-order valence-electron chi connectivity index (χ4n) is 4.04. The monoisotopic (exact) mass is 327 g/mol. The number of fused-ring (bicyclic) bond motifs is 1. The summed E-state index contributed by atoms with van der Waals surface area (Å²) in [5.74, 6) is 0.640. The summed E-state index contributed by atoms with van der Waals surface area (Å²) in [6.07, 6.45) is 6.72. The molecule has 126 valence electrons. The number of piperidine rings is 1. The van der Waals surface area contributed by atoms with Crippen molar-refractivity contribution in [1.29, 1.82) is 0 Å². The number of hydrogen-bond acceptors (Lipinski definition) is 5. The minimum absolute atomic E-state index is 0.121. The van der Waals surface area contributed by atoms with Crippen LogP contribution in [0.1, 0.15) is 25.7 Å². The molecule has 0 N–H and O–H groups in total. The molecule has 2 fully saturated rings. The predicted molar refractivity (Wildman–Crippen MR) is 92.3 cm³/mol. The van der Waals surface area contributed by atoms with Crippen molar-refractivity contribution in [1.82, 2.24) is 4.98 Å². The molecule has 1 aromatic carbocycles. The van der Waals surface area contributed by atoms with Crippen molar-refractivity contribution in [2.45, 2.75) is 31.8 Å². The molecule has 0 spiro atoms. The smallest absolute Gasteiger partial charge is 0.278 e. The van der Waals surface area contributed by atoms with E-state index in [1.165, 1.54) is 12.8 Å². The van der Waals surface area contributed by atoms with Crippen molar-refractivity contribution in [3.05, 3.63) is 40.6 Å². The molecule has 0 radical (unpaired) electrons. The molecule has 0 saturated carbocycles. The highest BCUT2D eigenvalue weighted by atomic mass is 16.6. The summed E-state index contributed by atoms with van der Waals surface area (Å²) in [4.78, 5) is 17.6. The van der Waals surface area contributed by atoms with E-state index in [-0.39, 0.29) is 10.6 Å². The first kappa shape index (κ1) is 15.3. The zero-order valence-electron chi connectivity index (χ0n) is 13.6. The van der Waals surface area contributed by atoms with Crippen LogP contribution in [0.2, 0.25) is 0 Å². The third-order valence-electron chi connectivity index (χ3n) is 5.29. The Balaban J connectivity index is 1.59. The number of non-ortho nitro benzene ring substituents is 1. The van der Waals surface area contributed by atoms with Crippen LogP contribution in [0.15, 0.2) is 30.5 Å². The number of pyridine rings is 1. The van der Waals surface area contributed by atoms with Gasteiger partial charge in [0.25, 0.3) is 5.69 Å². The third-order valence-corrected chi connectivity index (χ3v) is 5.29. The molecule has 0 amide bonds. The van der Waals surface area contributed by atoms with Gasteiger partial charge in [-0.1, -0.05) is 0 Å². The van der Waals surface area contributed by atoms with Crippen molar-refractivity contribution in [2.75, 3.05) is 24.6 Å². The number of hydrogen-bond donors (Lipinski definition) is 0. The Bertz CT molecular complexity index is 750. The molecule has 2 saturated heterocycles. The first-order chi connectivity index (χ1) is 11.7. The maximum Gasteiger partial charge on any atom is 0.278 e. The molecule has 6 nitrogen and oxygen atoms in total. The van der Waals surface area contributed by atoms with E-state index >= 15 is 0 Å². The van der Waals surface area contributed by atoms with Gasteiger partial charge in [0.15, 0.2) is 0 Å². The van der Waals surface area contributed by atoms with Crippen LogP contribution >= 0.6 is 0 Å². The van der Waals surface area contributed by atoms with E-state index < -0.39 is 0 Å². The largest absolute Gasteiger partial charge is 0.378 e. The van der Waals surface area contributed by atoms with Gasteiger partial charge in [-0.25, -0.2) is 0 Å². The van der Waals surface area contributed by atoms with Gasteiger partial charge >= 0.3 is 0 Å². The van der Waals surface area contributed by atoms with E-state index in [1.807, 2.05) is 6.07 Å². The normalized spacial score (nSPS) is 22.2. The minimum atomic E-state index is -0.336. The third kappa shape index (κ3) is 2.71. The lowest BCUT2D eigenvalue weighted by Gasteiger charge is -2.36. The highest BCUT2D eigenvalue weighted by molar-refractivity contribution is 5.97. The molecular weight excluding hydrogens is 306 g/mol. The van der Waals surface area contributed by atoms with Gasteiger partial charge in [0.2, 0.25) is 0 Å². The lowest BCUT2D eigenvalue weighted by Crippen LogP contribution is -2.37. The van der Waals surface area contributed by atoms with Gasteiger partial charge in [-0.05, 0) is 49.8 Å². The van der Waals surface area contributed by atoms with Crippen LogP contribution in [0.25, 0.3) is 10.9 Å². The molecule has 2 aliphatic rings. The van der Waals surface area contributed by atoms with Crippen molar-refractivity contribution in [3.63, 3.8) is 0 Å². The average molecular weight is 327 g/mol. The minimum Gasteiger partial charge on any atom is -0.378 e. The number of ether oxygens (including phenoxy) is 1. The molecule has 6 heteroatoms. The number of anilines is 1. The number of nitro benzene ring substituents is 1. The Morgan fingerprint density at radius 2 is 2.04 bits per heavy atom. The molecule has 3 heterocycles. The zero-order valence-corrected chi connectivity index (χ0v) is 13.6. The van der Waals surface area contributed by atoms with Crippen LogP contribution in [0.4, 0.5) is 11.4 Å². The van der Waals surface area contributed by atoms with Crippen molar-refractivity contribution < 1.29 is 9.66 Å². The van der Waals surface area contributed by atoms with Gasteiger partial charge in [-0.2, -0.15) is 0 Å². The summed E-state index contributed by atoms with van der Waals surface area (Å²) < 4.78 is 5.84. The molecule has 2 aliphatic heterocycles. The average Bonchev–Trinajstić information content (AvgIpc) is 3.15. The van der Waals surface area contributed by atoms with E-state index in [1.54, 1.807) is 24.4 Å². The fourth-order valence-corrected chi connectivity index (χ4v) is 4.04. The Morgan fingerprint density at radius 1 is 1.21 bits per heavy atom. The summed E-state index contributed by atoms with van der Waals surface area (Å²) in [5.41, 5.74) is 1.85. The predicted octanol–water partition coefficient (Wildman–Crippen LogP) is 3.54. The Hall–Kier alpha value is -2.21. The molecule has 1 aromatic heterocycles. The number of aromatic nitrogens is 1. The van der Waals surface area contributed by atoms with Crippen LogP contribution in [-0.4, -0.2) is 35.7 Å². The maximum absolute atomic E-state index is 11.2. The summed E-state index contributed by atoms with van der Waals surface area (Å²) in [7, 11) is 0. The van der Waals surface area contributed by atoms with E-state index in [4.69, 9.17) is 4.74 Å². The van der Waals surface area contributed by atoms with Gasteiger partial charge in [-0.3, -0.25) is 15.1 Å². The fraction of sp³-hybridized carbons (Fsp3) is 0.500. The summed E-state index contributed by atoms with van der Waals surface area (Å²) in [6, 6.07) is 6.98. The highest BCUT2D eigenvalue weighted by Crippen LogP contribution is 2.35. The lowest BCUT2D eigenvalue weighted by atomic mass is 9.89. The second-order valence-corrected chi connectivity index (χ2v) is 6.64. The van der Waals surface area contributed by atoms with Gasteiger partial charge in [-0.15, -0.1) is 0 Å². The Labute approximate surface area is 140 Å². The van der Waals surface area contributed by atoms with Crippen LogP contribution in [0.5, 0.6) is 0 Å². The van der Waals surface area contributed by atoms with E-state index in [0.717, 1.165) is 43.7 Å². The van der Waals surface area contributed by atoms with Crippen molar-refractivity contribution in [3.8, 4) is 0 Å². The van der Waals surface area contributed by atoms with Crippen LogP contribution in [0, 0.1) is 16.0 Å². The highest BCUT2D eigenvalue weighted by Gasteiger charge is 2.30. The second kappa shape index (κ2) is 6.36. The first-order valence-corrected chi connectivity index (χ1v) is 8.63. The van der Waals surface area contributed by atoms with Gasteiger partial charge in [0.05, 0.1) is 22.1 Å². The number of benzene rings is 1. The van der Waals surface area contributed by atoms with Crippen LogP contribution in [0.3, 0.4) is 0 Å². The molecule has 1 atom stereocenters. The van der Waals surface area contributed by atoms with Gasteiger partial charge in [0, 0.05) is 32.0 Å². The van der Waals surface area contributed by atoms with E-state index in [0.29, 0.717) is 17.4 Å². The zero-order chi connectivity index (χ0) is 16.5. The second-order valence-electron chi connectivity index (χ2n) is 6.64. The number of rotatable bonds is 3. The van der Waals surface area contributed by atoms with Gasteiger partial charge in [0.1, 0.15) is 5.52 Å². The first-order valence-electron chi connectivity index (χ1n) is 8.63. The van der Waals surface area contributed by atoms with E-state index in [9.17, 15) is 10.1 Å². The standard InChI is InChI=1S/C18H21N3O3/c22-21(23)15-5-6-16(18-14(15)3-1-9-19-18)20-10-7-13(8-11-20)17-4-2-12-24-17/h1,3,5-6,9,13,17H,2,4,7-8,10-12H2. The van der Waals surface area contributed by atoms with E-state index in [2.05, 4.69) is 9.88 Å². The Morgan fingerprint density at radius 3 is 2.75 bits per heavy atom. The quantitative estimate of drug-likeness (QED) is 0.637. The van der Waals surface area contributed by atoms with Crippen molar-refractivity contribution >= 4 is 22.3 Å². The summed E-state index contributed by atoms with van der Waals surface area (Å²) in [5, 5.41) is 11.9. The lowest BCUT2D eigenvalue weighted by molar-refractivity contribution is -0.383. The van der Waals surface area contributed by atoms with Crippen LogP contribution in [-0.2, 0) is 4.74 Å². The summed E-state index contributed by atoms with van der Waals surface area (Å²) in [6.45, 7) is 2.81. The SMILES string of the molecule is O=[N+]([O-])c1ccc(N2CCC(C3CCCO3)CC2)c2ncccc12. The van der Waals surface area contributed by atoms with Gasteiger partial charge < -0.3 is 9.64 Å². The summed E-state index contributed by atoms with van der Waals surface area (Å²) >= 11 is 0. The number of nitro groups is 1. The van der Waals surface area contributed by atoms with Crippen molar-refractivity contribution in [2.24, 2.45) is 5.92 Å².